The van der Waals surface area contributed by atoms with Gasteiger partial charge in [-0.1, -0.05) is 62.2 Å². The van der Waals surface area contributed by atoms with E-state index in [0.717, 1.165) is 66.2 Å². The molecule has 0 amide bonds. The number of nitriles is 1. The number of anilines is 1. The summed E-state index contributed by atoms with van der Waals surface area (Å²) in [7, 11) is 1.94. The number of rotatable bonds is 12. The maximum Gasteiger partial charge on any atom is 0.0991 e. The number of nitrogens with one attached hydrogen (secondary N) is 2. The van der Waals surface area contributed by atoms with Gasteiger partial charge in [-0.3, -0.25) is 0 Å². The van der Waals surface area contributed by atoms with E-state index in [1.54, 1.807) is 0 Å². The highest BCUT2D eigenvalue weighted by Crippen LogP contribution is 2.34. The first-order valence-corrected chi connectivity index (χ1v) is 12.2. The number of nitrogens with zero attached hydrogens (tertiary/aromatic N) is 2. The Morgan fingerprint density at radius 3 is 2.35 bits per heavy atom. The number of aromatic nitrogens is 1. The number of hydrogen-bond donors (Lipinski definition) is 2. The van der Waals surface area contributed by atoms with E-state index in [0.29, 0.717) is 12.1 Å². The number of hydrogen-bond acceptors (Lipinski definition) is 5. The van der Waals surface area contributed by atoms with Gasteiger partial charge in [0, 0.05) is 30.8 Å². The maximum absolute atomic E-state index is 9.23. The summed E-state index contributed by atoms with van der Waals surface area (Å²) >= 11 is 0. The van der Waals surface area contributed by atoms with Crippen LogP contribution in [0, 0.1) is 18.3 Å². The Morgan fingerprint density at radius 1 is 1.03 bits per heavy atom. The summed E-state index contributed by atoms with van der Waals surface area (Å²) < 4.78 is 6.07. The minimum Gasteiger partial charge on any atom is -0.381 e. The normalized spacial score (nSPS) is 11.7. The minimum atomic E-state index is 0.157. The van der Waals surface area contributed by atoms with Gasteiger partial charge in [0.1, 0.15) is 0 Å². The van der Waals surface area contributed by atoms with Crippen LogP contribution in [-0.2, 0) is 11.3 Å². The predicted octanol–water partition coefficient (Wildman–Crippen LogP) is 6.32. The molecule has 0 saturated carbocycles. The summed E-state index contributed by atoms with van der Waals surface area (Å²) in [6.07, 6.45) is 3.32. The molecule has 2 N–H and O–H groups in total. The Hall–Kier alpha value is -3.20. The molecule has 178 valence electrons. The molecular weight excluding hydrogens is 420 g/mol. The number of aryl methyl sites for hydroxylation is 1. The van der Waals surface area contributed by atoms with Crippen molar-refractivity contribution < 1.29 is 4.74 Å². The third-order valence-electron chi connectivity index (χ3n) is 5.92. The van der Waals surface area contributed by atoms with E-state index >= 15 is 0 Å². The second-order valence-electron chi connectivity index (χ2n) is 8.60. The van der Waals surface area contributed by atoms with Crippen LogP contribution in [-0.4, -0.2) is 31.3 Å². The van der Waals surface area contributed by atoms with Crippen LogP contribution in [0.3, 0.4) is 0 Å². The van der Waals surface area contributed by atoms with Gasteiger partial charge >= 0.3 is 0 Å². The second-order valence-corrected chi connectivity index (χ2v) is 8.60. The van der Waals surface area contributed by atoms with Crippen LogP contribution >= 0.6 is 0 Å². The van der Waals surface area contributed by atoms with Crippen molar-refractivity contribution in [3.05, 3.63) is 71.4 Å². The molecule has 5 heteroatoms. The van der Waals surface area contributed by atoms with Gasteiger partial charge in [-0.2, -0.15) is 5.26 Å². The number of pyridine rings is 1. The molecule has 5 nitrogen and oxygen atoms in total. The molecule has 34 heavy (non-hydrogen) atoms. The van der Waals surface area contributed by atoms with Crippen LogP contribution < -0.4 is 10.6 Å². The molecule has 0 aliphatic heterocycles. The van der Waals surface area contributed by atoms with E-state index in [-0.39, 0.29) is 6.10 Å². The lowest BCUT2D eigenvalue weighted by atomic mass is 9.96. The molecule has 3 rings (SSSR count). The maximum atomic E-state index is 9.23. The standard InChI is InChI=1S/C29H36N4O/c1-5-7-16-34-25(6-2)19-32-27-17-26(23-14-10-22(18-30)11-15-23)29(33-28(27)20-31-4)24-12-8-21(3)9-13-24/h8-15,17,25,31-32H,5-7,16,19-20H2,1-4H3/t25-/m0/s1. The van der Waals surface area contributed by atoms with Crippen molar-refractivity contribution in [1.29, 1.82) is 5.26 Å². The number of benzene rings is 2. The minimum absolute atomic E-state index is 0.157. The number of unbranched alkanes of at least 4 members (excludes halogenated alkanes) is 1. The summed E-state index contributed by atoms with van der Waals surface area (Å²) in [6.45, 7) is 8.61. The Balaban J connectivity index is 2.02. The third-order valence-corrected chi connectivity index (χ3v) is 5.92. The molecule has 0 unspecified atom stereocenters. The van der Waals surface area contributed by atoms with Gasteiger partial charge in [-0.25, -0.2) is 4.98 Å². The van der Waals surface area contributed by atoms with Crippen LogP contribution in [0.15, 0.2) is 54.6 Å². The lowest BCUT2D eigenvalue weighted by Gasteiger charge is -2.21. The third kappa shape index (κ3) is 6.66. The Morgan fingerprint density at radius 2 is 1.74 bits per heavy atom. The van der Waals surface area contributed by atoms with Gasteiger partial charge in [-0.05, 0) is 50.6 Å². The van der Waals surface area contributed by atoms with Crippen molar-refractivity contribution >= 4 is 5.69 Å². The van der Waals surface area contributed by atoms with Gasteiger partial charge in [-0.15, -0.1) is 0 Å². The summed E-state index contributed by atoms with van der Waals surface area (Å²) in [6, 6.07) is 20.6. The average molecular weight is 457 g/mol. The molecule has 0 bridgehead atoms. The molecule has 2 aromatic carbocycles. The molecule has 0 radical (unpaired) electrons. The molecule has 1 atom stereocenters. The van der Waals surface area contributed by atoms with Crippen LogP contribution in [0.1, 0.15) is 49.9 Å². The molecule has 0 aliphatic rings. The first kappa shape index (κ1) is 25.4. The van der Waals surface area contributed by atoms with Crippen LogP contribution in [0.2, 0.25) is 0 Å². The van der Waals surface area contributed by atoms with E-state index in [1.165, 1.54) is 5.56 Å². The fourth-order valence-corrected chi connectivity index (χ4v) is 3.82. The van der Waals surface area contributed by atoms with Crippen molar-refractivity contribution in [2.45, 2.75) is 52.7 Å². The summed E-state index contributed by atoms with van der Waals surface area (Å²) in [5.41, 5.74) is 7.92. The van der Waals surface area contributed by atoms with Gasteiger partial charge in [0.25, 0.3) is 0 Å². The van der Waals surface area contributed by atoms with Gasteiger partial charge < -0.3 is 15.4 Å². The SMILES string of the molecule is CCCCO[C@@H](CC)CNc1cc(-c2ccc(C#N)cc2)c(-c2ccc(C)cc2)nc1CNC. The van der Waals surface area contributed by atoms with Crippen molar-refractivity contribution in [3.8, 4) is 28.5 Å². The van der Waals surface area contributed by atoms with Crippen LogP contribution in [0.25, 0.3) is 22.4 Å². The monoisotopic (exact) mass is 456 g/mol. The first-order valence-electron chi connectivity index (χ1n) is 12.2. The van der Waals surface area contributed by atoms with Crippen LogP contribution in [0.4, 0.5) is 5.69 Å². The first-order chi connectivity index (χ1) is 16.6. The zero-order chi connectivity index (χ0) is 24.3. The molecule has 0 saturated heterocycles. The second kappa shape index (κ2) is 12.9. The molecule has 0 spiro atoms. The quantitative estimate of drug-likeness (QED) is 0.312. The molecule has 0 aliphatic carbocycles. The Kier molecular flexibility index (Phi) is 9.63. The highest BCUT2D eigenvalue weighted by molar-refractivity contribution is 5.84. The lowest BCUT2D eigenvalue weighted by molar-refractivity contribution is 0.0576. The fourth-order valence-electron chi connectivity index (χ4n) is 3.82. The zero-order valence-electron chi connectivity index (χ0n) is 20.8. The van der Waals surface area contributed by atoms with Gasteiger partial charge in [0.15, 0.2) is 0 Å². The zero-order valence-corrected chi connectivity index (χ0v) is 20.8. The highest BCUT2D eigenvalue weighted by Gasteiger charge is 2.16. The van der Waals surface area contributed by atoms with Crippen molar-refractivity contribution in [2.75, 3.05) is 25.5 Å². The molecule has 3 aromatic rings. The molecule has 1 aromatic heterocycles. The van der Waals surface area contributed by atoms with E-state index < -0.39 is 0 Å². The fraction of sp³-hybridized carbons (Fsp3) is 0.379. The number of ether oxygens (including phenoxy) is 1. The Bertz CT molecular complexity index is 1080. The Labute approximate surface area is 204 Å². The molecule has 0 fully saturated rings. The highest BCUT2D eigenvalue weighted by atomic mass is 16.5. The average Bonchev–Trinajstić information content (AvgIpc) is 2.87. The summed E-state index contributed by atoms with van der Waals surface area (Å²) in [4.78, 5) is 5.13. The molecular formula is C29H36N4O. The topological polar surface area (TPSA) is 70.0 Å². The lowest BCUT2D eigenvalue weighted by Crippen LogP contribution is -2.24. The van der Waals surface area contributed by atoms with E-state index in [2.05, 4.69) is 67.8 Å². The van der Waals surface area contributed by atoms with E-state index in [9.17, 15) is 5.26 Å². The van der Waals surface area contributed by atoms with Gasteiger partial charge in [0.05, 0.1) is 34.8 Å². The van der Waals surface area contributed by atoms with E-state index in [4.69, 9.17) is 9.72 Å². The van der Waals surface area contributed by atoms with Crippen LogP contribution in [0.5, 0.6) is 0 Å². The van der Waals surface area contributed by atoms with Crippen molar-refractivity contribution in [2.24, 2.45) is 0 Å². The smallest absolute Gasteiger partial charge is 0.0991 e. The predicted molar refractivity (Wildman–Crippen MR) is 141 cm³/mol. The van der Waals surface area contributed by atoms with Crippen molar-refractivity contribution in [3.63, 3.8) is 0 Å². The largest absolute Gasteiger partial charge is 0.381 e. The summed E-state index contributed by atoms with van der Waals surface area (Å²) in [5, 5.41) is 16.1. The summed E-state index contributed by atoms with van der Waals surface area (Å²) in [5.74, 6) is 0. The van der Waals surface area contributed by atoms with Gasteiger partial charge in [0.2, 0.25) is 0 Å². The van der Waals surface area contributed by atoms with E-state index in [1.807, 2.05) is 31.3 Å². The van der Waals surface area contributed by atoms with Crippen molar-refractivity contribution in [1.82, 2.24) is 10.3 Å². The molecule has 1 heterocycles.